The zero-order valence-electron chi connectivity index (χ0n) is 22.7. The summed E-state index contributed by atoms with van der Waals surface area (Å²) in [4.78, 5) is 14.2. The molecule has 0 aromatic heterocycles. The molecule has 1 fully saturated rings. The molecular formula is C32H38FNO4. The number of aromatic hydroxyl groups is 1. The van der Waals surface area contributed by atoms with Crippen LogP contribution in [0.15, 0.2) is 60.7 Å². The van der Waals surface area contributed by atoms with Gasteiger partial charge >= 0.3 is 5.97 Å². The summed E-state index contributed by atoms with van der Waals surface area (Å²) in [5.41, 5.74) is 4.19. The van der Waals surface area contributed by atoms with Crippen molar-refractivity contribution in [3.63, 3.8) is 0 Å². The molecule has 38 heavy (non-hydrogen) atoms. The lowest BCUT2D eigenvalue weighted by Gasteiger charge is -2.39. The molecule has 0 aliphatic carbocycles. The second kappa shape index (κ2) is 12.4. The molecule has 1 saturated heterocycles. The van der Waals surface area contributed by atoms with Crippen LogP contribution in [-0.2, 0) is 22.7 Å². The highest BCUT2D eigenvalue weighted by atomic mass is 19.1. The minimum Gasteiger partial charge on any atom is -0.508 e. The molecule has 5 nitrogen and oxygen atoms in total. The van der Waals surface area contributed by atoms with Gasteiger partial charge in [0.15, 0.2) is 0 Å². The molecule has 3 aromatic carbocycles. The van der Waals surface area contributed by atoms with E-state index in [0.29, 0.717) is 37.2 Å². The van der Waals surface area contributed by atoms with Gasteiger partial charge in [-0.3, -0.25) is 9.69 Å². The first kappa shape index (κ1) is 27.6. The highest BCUT2D eigenvalue weighted by Crippen LogP contribution is 2.33. The number of rotatable bonds is 9. The molecule has 0 saturated carbocycles. The van der Waals surface area contributed by atoms with Crippen LogP contribution < -0.4 is 4.74 Å². The molecule has 1 aliphatic heterocycles. The van der Waals surface area contributed by atoms with Crippen LogP contribution in [0.1, 0.15) is 69.1 Å². The summed E-state index contributed by atoms with van der Waals surface area (Å²) in [7, 11) is 1.40. The van der Waals surface area contributed by atoms with Crippen LogP contribution in [0, 0.1) is 5.82 Å². The molecule has 3 atom stereocenters. The van der Waals surface area contributed by atoms with Gasteiger partial charge in [-0.25, -0.2) is 4.39 Å². The van der Waals surface area contributed by atoms with E-state index in [9.17, 15) is 14.3 Å². The monoisotopic (exact) mass is 519 g/mol. The zero-order valence-corrected chi connectivity index (χ0v) is 22.7. The second-order valence-electron chi connectivity index (χ2n) is 10.5. The third-order valence-electron chi connectivity index (χ3n) is 7.67. The van der Waals surface area contributed by atoms with E-state index < -0.39 is 0 Å². The van der Waals surface area contributed by atoms with Crippen molar-refractivity contribution in [2.45, 2.75) is 77.6 Å². The SMILES string of the molecule is COC(=O)C[C@@H](C)c1cccc(OCc2ccc(-c3cc(O)ccc3F)c(CN3[C@H](C)CCC[C@@H]3C)c2)c1. The number of nitrogens with zero attached hydrogens (tertiary/aromatic N) is 1. The van der Waals surface area contributed by atoms with Gasteiger partial charge in [0.25, 0.3) is 0 Å². The van der Waals surface area contributed by atoms with Crippen molar-refractivity contribution in [2.24, 2.45) is 0 Å². The molecule has 0 unspecified atom stereocenters. The number of hydrogen-bond acceptors (Lipinski definition) is 5. The fourth-order valence-electron chi connectivity index (χ4n) is 5.36. The van der Waals surface area contributed by atoms with Crippen molar-refractivity contribution < 1.29 is 23.8 Å². The van der Waals surface area contributed by atoms with Crippen LogP contribution in [0.4, 0.5) is 4.39 Å². The molecular weight excluding hydrogens is 481 g/mol. The number of carbonyl (C=O) groups excluding carboxylic acids is 1. The van der Waals surface area contributed by atoms with E-state index in [0.717, 1.165) is 40.8 Å². The molecule has 0 bridgehead atoms. The number of halogens is 1. The third-order valence-corrected chi connectivity index (χ3v) is 7.67. The topological polar surface area (TPSA) is 59.0 Å². The summed E-state index contributed by atoms with van der Waals surface area (Å²) < 4.78 is 25.8. The van der Waals surface area contributed by atoms with Gasteiger partial charge in [-0.15, -0.1) is 0 Å². The summed E-state index contributed by atoms with van der Waals surface area (Å²) in [6.07, 6.45) is 3.82. The van der Waals surface area contributed by atoms with E-state index in [1.807, 2.05) is 43.3 Å². The lowest BCUT2D eigenvalue weighted by atomic mass is 9.93. The van der Waals surface area contributed by atoms with Gasteiger partial charge < -0.3 is 14.6 Å². The Hall–Kier alpha value is -3.38. The largest absolute Gasteiger partial charge is 0.508 e. The molecule has 4 rings (SSSR count). The van der Waals surface area contributed by atoms with Crippen LogP contribution >= 0.6 is 0 Å². The van der Waals surface area contributed by atoms with Gasteiger partial charge in [0.1, 0.15) is 23.9 Å². The average Bonchev–Trinajstić information content (AvgIpc) is 2.91. The van der Waals surface area contributed by atoms with Crippen molar-refractivity contribution in [2.75, 3.05) is 7.11 Å². The summed E-state index contributed by atoms with van der Waals surface area (Å²) in [5.74, 6) is 0.188. The number of methoxy groups -OCH3 is 1. The number of phenols is 1. The van der Waals surface area contributed by atoms with Crippen molar-refractivity contribution in [3.05, 3.63) is 83.2 Å². The van der Waals surface area contributed by atoms with Crippen molar-refractivity contribution >= 4 is 5.97 Å². The molecule has 0 radical (unpaired) electrons. The summed E-state index contributed by atoms with van der Waals surface area (Å²) >= 11 is 0. The first-order chi connectivity index (χ1) is 18.2. The van der Waals surface area contributed by atoms with Crippen LogP contribution in [-0.4, -0.2) is 35.2 Å². The second-order valence-corrected chi connectivity index (χ2v) is 10.5. The molecule has 202 valence electrons. The van der Waals surface area contributed by atoms with Crippen LogP contribution in [0.25, 0.3) is 11.1 Å². The lowest BCUT2D eigenvalue weighted by molar-refractivity contribution is -0.140. The van der Waals surface area contributed by atoms with Crippen LogP contribution in [0.3, 0.4) is 0 Å². The van der Waals surface area contributed by atoms with Gasteiger partial charge in [-0.2, -0.15) is 0 Å². The number of carbonyl (C=O) groups is 1. The Balaban J connectivity index is 1.59. The number of hydrogen-bond donors (Lipinski definition) is 1. The number of likely N-dealkylation sites (tertiary alicyclic amines) is 1. The minimum atomic E-state index is -0.356. The zero-order chi connectivity index (χ0) is 27.2. The summed E-state index contributed by atoms with van der Waals surface area (Å²) in [6.45, 7) is 7.55. The minimum absolute atomic E-state index is 0.0163. The van der Waals surface area contributed by atoms with E-state index >= 15 is 0 Å². The predicted molar refractivity (Wildman–Crippen MR) is 148 cm³/mol. The molecule has 0 spiro atoms. The number of benzene rings is 3. The van der Waals surface area contributed by atoms with E-state index in [4.69, 9.17) is 9.47 Å². The summed E-state index contributed by atoms with van der Waals surface area (Å²) in [5, 5.41) is 10.1. The number of piperidine rings is 1. The predicted octanol–water partition coefficient (Wildman–Crippen LogP) is 7.21. The fraction of sp³-hybridized carbons (Fsp3) is 0.406. The molecule has 0 amide bonds. The number of esters is 1. The molecule has 3 aromatic rings. The van der Waals surface area contributed by atoms with E-state index in [-0.39, 0.29) is 23.5 Å². The maximum absolute atomic E-state index is 14.9. The summed E-state index contributed by atoms with van der Waals surface area (Å²) in [6, 6.07) is 18.8. The number of ether oxygens (including phenoxy) is 2. The molecule has 1 heterocycles. The molecule has 1 N–H and O–H groups in total. The first-order valence-corrected chi connectivity index (χ1v) is 13.4. The van der Waals surface area contributed by atoms with Gasteiger partial charge in [-0.05, 0) is 85.2 Å². The Bertz CT molecular complexity index is 1250. The Morgan fingerprint density at radius 2 is 1.82 bits per heavy atom. The molecule has 6 heteroatoms. The van der Waals surface area contributed by atoms with Gasteiger partial charge in [0.05, 0.1) is 13.5 Å². The highest BCUT2D eigenvalue weighted by Gasteiger charge is 2.26. The van der Waals surface area contributed by atoms with Crippen LogP contribution in [0.2, 0.25) is 0 Å². The maximum atomic E-state index is 14.9. The quantitative estimate of drug-likeness (QED) is 0.303. The van der Waals surface area contributed by atoms with Gasteiger partial charge in [0.2, 0.25) is 0 Å². The third kappa shape index (κ3) is 6.73. The van der Waals surface area contributed by atoms with Crippen LogP contribution in [0.5, 0.6) is 11.5 Å². The van der Waals surface area contributed by atoms with Crippen molar-refractivity contribution in [1.82, 2.24) is 4.90 Å². The van der Waals surface area contributed by atoms with Crippen molar-refractivity contribution in [3.8, 4) is 22.6 Å². The van der Waals surface area contributed by atoms with E-state index in [1.54, 1.807) is 0 Å². The first-order valence-electron chi connectivity index (χ1n) is 13.4. The smallest absolute Gasteiger partial charge is 0.306 e. The Morgan fingerprint density at radius 1 is 1.05 bits per heavy atom. The van der Waals surface area contributed by atoms with E-state index in [1.165, 1.54) is 31.7 Å². The Morgan fingerprint density at radius 3 is 2.55 bits per heavy atom. The number of phenolic OH excluding ortho intramolecular Hbond substituents is 1. The standard InChI is InChI=1S/C32H38FNO4/c1-21(15-32(36)37-4)25-9-6-10-28(17-25)38-20-24-11-13-29(30-18-27(35)12-14-31(30)33)26(16-24)19-34-22(2)7-5-8-23(34)3/h6,9-14,16-18,21-23,35H,5,7-8,15,19-20H2,1-4H3/t21-,22-,23+/m1/s1. The Kier molecular flexibility index (Phi) is 9.05. The highest BCUT2D eigenvalue weighted by molar-refractivity contribution is 5.70. The molecule has 1 aliphatic rings. The van der Waals surface area contributed by atoms with E-state index in [2.05, 4.69) is 24.8 Å². The van der Waals surface area contributed by atoms with Crippen molar-refractivity contribution in [1.29, 1.82) is 0 Å². The Labute approximate surface area is 225 Å². The normalized spacial score (nSPS) is 18.7. The van der Waals surface area contributed by atoms with Gasteiger partial charge in [-0.1, -0.05) is 43.7 Å². The average molecular weight is 520 g/mol. The maximum Gasteiger partial charge on any atom is 0.306 e. The fourth-order valence-corrected chi connectivity index (χ4v) is 5.36. The van der Waals surface area contributed by atoms with Gasteiger partial charge in [0, 0.05) is 24.2 Å². The lowest BCUT2D eigenvalue weighted by Crippen LogP contribution is -2.43.